The summed E-state index contributed by atoms with van der Waals surface area (Å²) in [6.07, 6.45) is -4.63. The third-order valence-corrected chi connectivity index (χ3v) is 2.57. The van der Waals surface area contributed by atoms with Gasteiger partial charge in [0, 0.05) is 13.1 Å². The average Bonchev–Trinajstić information content (AvgIpc) is 2.16. The molecule has 1 saturated heterocycles. The third kappa shape index (κ3) is 2.95. The Morgan fingerprint density at radius 2 is 2.00 bits per heavy atom. The minimum absolute atomic E-state index is 0.0365. The second kappa shape index (κ2) is 4.62. The van der Waals surface area contributed by atoms with Crippen LogP contribution in [0.15, 0.2) is 18.2 Å². The highest BCUT2D eigenvalue weighted by atomic mass is 19.4. The lowest BCUT2D eigenvalue weighted by molar-refractivity contribution is -0.140. The summed E-state index contributed by atoms with van der Waals surface area (Å²) < 4.78 is 55.5. The Labute approximate surface area is 95.6 Å². The second-order valence-corrected chi connectivity index (χ2v) is 3.90. The van der Waals surface area contributed by atoms with Crippen molar-refractivity contribution in [3.63, 3.8) is 0 Å². The zero-order valence-corrected chi connectivity index (χ0v) is 8.85. The normalized spacial score (nSPS) is 16.9. The predicted molar refractivity (Wildman–Crippen MR) is 52.8 cm³/mol. The molecule has 6 heteroatoms. The zero-order valence-electron chi connectivity index (χ0n) is 8.85. The fourth-order valence-corrected chi connectivity index (χ4v) is 1.47. The summed E-state index contributed by atoms with van der Waals surface area (Å²) in [7, 11) is 0. The van der Waals surface area contributed by atoms with Gasteiger partial charge < -0.3 is 10.1 Å². The van der Waals surface area contributed by atoms with Gasteiger partial charge in [0.1, 0.15) is 5.82 Å². The lowest BCUT2D eigenvalue weighted by Gasteiger charge is -2.27. The highest BCUT2D eigenvalue weighted by Crippen LogP contribution is 2.32. The number of ether oxygens (including phenoxy) is 1. The molecule has 2 nitrogen and oxygen atoms in total. The second-order valence-electron chi connectivity index (χ2n) is 3.90. The lowest BCUT2D eigenvalue weighted by Crippen LogP contribution is -2.48. The standard InChI is InChI=1S/C11H11F4NO/c12-10-2-1-7(3-9(10)11(13,14)15)6-17-8-4-16-5-8/h1-3,8,16H,4-6H2. The number of halogens is 4. The van der Waals surface area contributed by atoms with Crippen molar-refractivity contribution in [3.05, 3.63) is 35.1 Å². The van der Waals surface area contributed by atoms with Crippen molar-refractivity contribution >= 4 is 0 Å². The molecule has 0 atom stereocenters. The van der Waals surface area contributed by atoms with Crippen molar-refractivity contribution < 1.29 is 22.3 Å². The van der Waals surface area contributed by atoms with Crippen LogP contribution < -0.4 is 5.32 Å². The molecular weight excluding hydrogens is 238 g/mol. The molecular formula is C11H11F4NO. The van der Waals surface area contributed by atoms with Gasteiger partial charge in [0.15, 0.2) is 0 Å². The van der Waals surface area contributed by atoms with Crippen molar-refractivity contribution in [1.29, 1.82) is 0 Å². The van der Waals surface area contributed by atoms with Gasteiger partial charge in [0.2, 0.25) is 0 Å². The van der Waals surface area contributed by atoms with Crippen LogP contribution in [0, 0.1) is 5.82 Å². The molecule has 17 heavy (non-hydrogen) atoms. The van der Waals surface area contributed by atoms with E-state index in [1.54, 1.807) is 0 Å². The fourth-order valence-electron chi connectivity index (χ4n) is 1.47. The molecule has 0 radical (unpaired) electrons. The molecule has 1 heterocycles. The zero-order chi connectivity index (χ0) is 12.5. The van der Waals surface area contributed by atoms with Gasteiger partial charge in [0.25, 0.3) is 0 Å². The van der Waals surface area contributed by atoms with Crippen LogP contribution >= 0.6 is 0 Å². The van der Waals surface area contributed by atoms with Crippen LogP contribution in [0.3, 0.4) is 0 Å². The van der Waals surface area contributed by atoms with E-state index < -0.39 is 17.6 Å². The Morgan fingerprint density at radius 3 is 2.53 bits per heavy atom. The van der Waals surface area contributed by atoms with Crippen LogP contribution in [0.2, 0.25) is 0 Å². The Kier molecular flexibility index (Phi) is 3.35. The van der Waals surface area contributed by atoms with Gasteiger partial charge >= 0.3 is 6.18 Å². The largest absolute Gasteiger partial charge is 0.419 e. The first-order valence-corrected chi connectivity index (χ1v) is 5.15. The Hall–Kier alpha value is -1.14. The Balaban J connectivity index is 2.07. The number of rotatable bonds is 3. The molecule has 0 aromatic heterocycles. The first-order valence-electron chi connectivity index (χ1n) is 5.15. The van der Waals surface area contributed by atoms with Crippen molar-refractivity contribution in [2.45, 2.75) is 18.9 Å². The maximum absolute atomic E-state index is 13.0. The molecule has 1 aliphatic heterocycles. The maximum Gasteiger partial charge on any atom is 0.419 e. The molecule has 0 unspecified atom stereocenters. The molecule has 1 N–H and O–H groups in total. The van der Waals surface area contributed by atoms with Crippen molar-refractivity contribution in [1.82, 2.24) is 5.32 Å². The Bertz CT molecular complexity index is 401. The SMILES string of the molecule is Fc1ccc(COC2CNC2)cc1C(F)(F)F. The predicted octanol–water partition coefficient (Wildman–Crippen LogP) is 2.33. The topological polar surface area (TPSA) is 21.3 Å². The highest BCUT2D eigenvalue weighted by Gasteiger charge is 2.34. The van der Waals surface area contributed by atoms with E-state index in [1.165, 1.54) is 6.07 Å². The maximum atomic E-state index is 13.0. The summed E-state index contributed by atoms with van der Waals surface area (Å²) in [5.74, 6) is -1.26. The van der Waals surface area contributed by atoms with E-state index in [2.05, 4.69) is 5.32 Å². The van der Waals surface area contributed by atoms with E-state index in [0.717, 1.165) is 12.1 Å². The summed E-state index contributed by atoms with van der Waals surface area (Å²) in [4.78, 5) is 0. The smallest absolute Gasteiger partial charge is 0.371 e. The summed E-state index contributed by atoms with van der Waals surface area (Å²) in [6, 6.07) is 2.92. The number of benzene rings is 1. The van der Waals surface area contributed by atoms with Gasteiger partial charge in [-0.15, -0.1) is 0 Å². The van der Waals surface area contributed by atoms with Crippen molar-refractivity contribution in [2.24, 2.45) is 0 Å². The summed E-state index contributed by atoms with van der Waals surface area (Å²) in [6.45, 7) is 1.47. The van der Waals surface area contributed by atoms with Crippen molar-refractivity contribution in [3.8, 4) is 0 Å². The van der Waals surface area contributed by atoms with Gasteiger partial charge in [0.05, 0.1) is 18.3 Å². The number of alkyl halides is 3. The molecule has 94 valence electrons. The highest BCUT2D eigenvalue weighted by molar-refractivity contribution is 5.27. The van der Waals surface area contributed by atoms with Gasteiger partial charge in [-0.25, -0.2) is 4.39 Å². The van der Waals surface area contributed by atoms with Crippen molar-refractivity contribution in [2.75, 3.05) is 13.1 Å². The van der Waals surface area contributed by atoms with Crippen LogP contribution in [0.5, 0.6) is 0 Å². The molecule has 1 fully saturated rings. The first-order chi connectivity index (χ1) is 7.97. The summed E-state index contributed by atoms with van der Waals surface area (Å²) in [5.41, 5.74) is -0.920. The Morgan fingerprint density at radius 1 is 1.29 bits per heavy atom. The molecule has 0 bridgehead atoms. The molecule has 2 rings (SSSR count). The van der Waals surface area contributed by atoms with Crippen LogP contribution in [-0.4, -0.2) is 19.2 Å². The van der Waals surface area contributed by atoms with E-state index in [9.17, 15) is 17.6 Å². The van der Waals surface area contributed by atoms with Crippen LogP contribution in [0.4, 0.5) is 17.6 Å². The van der Waals surface area contributed by atoms with E-state index >= 15 is 0 Å². The minimum Gasteiger partial charge on any atom is -0.371 e. The molecule has 0 amide bonds. The van der Waals surface area contributed by atoms with Gasteiger partial charge in [-0.05, 0) is 17.7 Å². The molecule has 0 aliphatic carbocycles. The van der Waals surface area contributed by atoms with E-state index in [0.29, 0.717) is 18.7 Å². The van der Waals surface area contributed by atoms with E-state index in [1.807, 2.05) is 0 Å². The summed E-state index contributed by atoms with van der Waals surface area (Å²) >= 11 is 0. The van der Waals surface area contributed by atoms with E-state index in [4.69, 9.17) is 4.74 Å². The molecule has 1 aromatic rings. The van der Waals surface area contributed by atoms with Gasteiger partial charge in [-0.1, -0.05) is 6.07 Å². The molecule has 1 aromatic carbocycles. The molecule has 1 aliphatic rings. The number of nitrogens with one attached hydrogen (secondary N) is 1. The minimum atomic E-state index is -4.67. The first kappa shape index (κ1) is 12.3. The monoisotopic (exact) mass is 249 g/mol. The number of hydrogen-bond donors (Lipinski definition) is 1. The van der Waals surface area contributed by atoms with E-state index in [-0.39, 0.29) is 12.7 Å². The number of hydrogen-bond acceptors (Lipinski definition) is 2. The quantitative estimate of drug-likeness (QED) is 0.830. The lowest BCUT2D eigenvalue weighted by atomic mass is 10.1. The van der Waals surface area contributed by atoms with Gasteiger partial charge in [-0.2, -0.15) is 13.2 Å². The average molecular weight is 249 g/mol. The fraction of sp³-hybridized carbons (Fsp3) is 0.455. The third-order valence-electron chi connectivity index (χ3n) is 2.57. The molecule has 0 spiro atoms. The van der Waals surface area contributed by atoms with Crippen LogP contribution in [-0.2, 0) is 17.5 Å². The molecule has 0 saturated carbocycles. The van der Waals surface area contributed by atoms with Crippen LogP contribution in [0.1, 0.15) is 11.1 Å². The van der Waals surface area contributed by atoms with Crippen LogP contribution in [0.25, 0.3) is 0 Å². The van der Waals surface area contributed by atoms with Gasteiger partial charge in [-0.3, -0.25) is 0 Å². The summed E-state index contributed by atoms with van der Waals surface area (Å²) in [5, 5.41) is 2.98.